The molecule has 0 bridgehead atoms. The molecule has 0 atom stereocenters. The predicted octanol–water partition coefficient (Wildman–Crippen LogP) is 4.39. The molecule has 3 heterocycles. The minimum absolute atomic E-state index is 0.0166. The fourth-order valence-corrected chi connectivity index (χ4v) is 4.08. The van der Waals surface area contributed by atoms with E-state index in [1.54, 1.807) is 12.3 Å². The van der Waals surface area contributed by atoms with Crippen molar-refractivity contribution in [3.8, 4) is 6.07 Å². The van der Waals surface area contributed by atoms with Crippen LogP contribution in [0.15, 0.2) is 54.4 Å². The Labute approximate surface area is 192 Å². The average Bonchev–Trinajstić information content (AvgIpc) is 3.18. The van der Waals surface area contributed by atoms with E-state index in [0.717, 1.165) is 40.6 Å². The first-order chi connectivity index (χ1) is 15.7. The summed E-state index contributed by atoms with van der Waals surface area (Å²) in [5, 5.41) is 10.5. The molecule has 0 aliphatic carbocycles. The highest BCUT2D eigenvalue weighted by molar-refractivity contribution is 7.79. The summed E-state index contributed by atoms with van der Waals surface area (Å²) in [4.78, 5) is 17.1. The van der Waals surface area contributed by atoms with Gasteiger partial charge < -0.3 is 14.0 Å². The van der Waals surface area contributed by atoms with E-state index in [9.17, 15) is 10.1 Å². The molecular formula is C25H25N3O3S. The second kappa shape index (κ2) is 10.5. The first-order valence-corrected chi connectivity index (χ1v) is 11.3. The molecular weight excluding hydrogens is 422 g/mol. The summed E-state index contributed by atoms with van der Waals surface area (Å²) in [6.07, 6.45) is 6.99. The van der Waals surface area contributed by atoms with Gasteiger partial charge in [0.1, 0.15) is 17.3 Å². The zero-order chi connectivity index (χ0) is 22.3. The number of nitrogens with zero attached hydrogens (tertiary/aromatic N) is 3. The van der Waals surface area contributed by atoms with Gasteiger partial charge >= 0.3 is 5.97 Å². The molecule has 0 saturated carbocycles. The first kappa shape index (κ1) is 22.1. The minimum atomic E-state index is -0.592. The third kappa shape index (κ3) is 5.21. The molecule has 0 radical (unpaired) electrons. The maximum atomic E-state index is 12.6. The van der Waals surface area contributed by atoms with Gasteiger partial charge in [-0.2, -0.15) is 17.9 Å². The van der Waals surface area contributed by atoms with Crippen molar-refractivity contribution in [3.05, 3.63) is 71.1 Å². The fraction of sp³-hybridized carbons (Fsp3) is 0.320. The number of hydrogen-bond acceptors (Lipinski definition) is 6. The molecule has 1 fully saturated rings. The number of nitriles is 1. The maximum absolute atomic E-state index is 12.6. The van der Waals surface area contributed by atoms with Crippen molar-refractivity contribution in [1.82, 2.24) is 9.55 Å². The van der Waals surface area contributed by atoms with Crippen LogP contribution in [0.5, 0.6) is 0 Å². The van der Waals surface area contributed by atoms with Crippen molar-refractivity contribution in [3.63, 3.8) is 0 Å². The summed E-state index contributed by atoms with van der Waals surface area (Å²) in [6, 6.07) is 14.0. The third-order valence-corrected chi connectivity index (χ3v) is 5.99. The van der Waals surface area contributed by atoms with Gasteiger partial charge in [0.15, 0.2) is 0 Å². The number of aromatic nitrogens is 2. The van der Waals surface area contributed by atoms with E-state index in [2.05, 4.69) is 29.7 Å². The van der Waals surface area contributed by atoms with Crippen LogP contribution in [0.25, 0.3) is 17.1 Å². The monoisotopic (exact) mass is 447 g/mol. The first-order valence-electron chi connectivity index (χ1n) is 10.7. The number of pyridine rings is 1. The zero-order valence-electron chi connectivity index (χ0n) is 17.7. The number of hydrogen-bond donors (Lipinski definition) is 1. The fourth-order valence-electron chi connectivity index (χ4n) is 3.89. The van der Waals surface area contributed by atoms with Crippen LogP contribution < -0.4 is 0 Å². The Morgan fingerprint density at radius 1 is 1.28 bits per heavy atom. The van der Waals surface area contributed by atoms with Crippen molar-refractivity contribution < 1.29 is 14.3 Å². The normalized spacial score (nSPS) is 14.9. The molecule has 6 nitrogen and oxygen atoms in total. The van der Waals surface area contributed by atoms with Gasteiger partial charge in [0.2, 0.25) is 0 Å². The quantitative estimate of drug-likeness (QED) is 0.252. The number of ether oxygens (including phenoxy) is 2. The van der Waals surface area contributed by atoms with Crippen molar-refractivity contribution in [1.29, 1.82) is 5.26 Å². The molecule has 3 aromatic rings. The Morgan fingerprint density at radius 2 is 2.09 bits per heavy atom. The van der Waals surface area contributed by atoms with Gasteiger partial charge in [-0.1, -0.05) is 24.3 Å². The smallest absolute Gasteiger partial charge is 0.348 e. The SMILES string of the molecule is N#C/C(=C\c1cn(Cc2cccc(CS)c2)c2ncccc12)C(=O)OCC1CCOCC1. The lowest BCUT2D eigenvalue weighted by atomic mass is 10.0. The molecule has 1 aromatic carbocycles. The molecule has 7 heteroatoms. The van der Waals surface area contributed by atoms with Gasteiger partial charge in [-0.05, 0) is 48.1 Å². The number of carbonyl (C=O) groups is 1. The van der Waals surface area contributed by atoms with Crippen LogP contribution in [0.2, 0.25) is 0 Å². The predicted molar refractivity (Wildman–Crippen MR) is 126 cm³/mol. The highest BCUT2D eigenvalue weighted by atomic mass is 32.1. The molecule has 0 unspecified atom stereocenters. The summed E-state index contributed by atoms with van der Waals surface area (Å²) < 4.78 is 12.8. The van der Waals surface area contributed by atoms with E-state index in [0.29, 0.717) is 32.1 Å². The van der Waals surface area contributed by atoms with Gasteiger partial charge in [-0.3, -0.25) is 0 Å². The Bertz CT molecular complexity index is 1170. The van der Waals surface area contributed by atoms with Crippen molar-refractivity contribution in [2.75, 3.05) is 19.8 Å². The molecule has 32 heavy (non-hydrogen) atoms. The molecule has 0 amide bonds. The molecule has 4 rings (SSSR count). The lowest BCUT2D eigenvalue weighted by Gasteiger charge is -2.21. The Morgan fingerprint density at radius 3 is 2.88 bits per heavy atom. The number of thiol groups is 1. The van der Waals surface area contributed by atoms with Gasteiger partial charge in [-0.15, -0.1) is 0 Å². The third-order valence-electron chi connectivity index (χ3n) is 5.62. The number of fused-ring (bicyclic) bond motifs is 1. The van der Waals surface area contributed by atoms with E-state index < -0.39 is 5.97 Å². The zero-order valence-corrected chi connectivity index (χ0v) is 18.6. The van der Waals surface area contributed by atoms with E-state index in [-0.39, 0.29) is 11.5 Å². The second-order valence-electron chi connectivity index (χ2n) is 7.89. The lowest BCUT2D eigenvalue weighted by Crippen LogP contribution is -2.22. The summed E-state index contributed by atoms with van der Waals surface area (Å²) >= 11 is 4.36. The van der Waals surface area contributed by atoms with Gasteiger partial charge in [0.05, 0.1) is 6.61 Å². The van der Waals surface area contributed by atoms with Crippen LogP contribution in [0, 0.1) is 17.2 Å². The summed E-state index contributed by atoms with van der Waals surface area (Å²) in [7, 11) is 0. The maximum Gasteiger partial charge on any atom is 0.348 e. The van der Waals surface area contributed by atoms with Crippen LogP contribution in [-0.2, 0) is 26.6 Å². The molecule has 2 aromatic heterocycles. The van der Waals surface area contributed by atoms with Crippen LogP contribution in [0.1, 0.15) is 29.5 Å². The van der Waals surface area contributed by atoms with Crippen LogP contribution in [0.3, 0.4) is 0 Å². The van der Waals surface area contributed by atoms with Gasteiger partial charge in [0.25, 0.3) is 0 Å². The van der Waals surface area contributed by atoms with Gasteiger partial charge in [-0.25, -0.2) is 9.78 Å². The highest BCUT2D eigenvalue weighted by Crippen LogP contribution is 2.24. The van der Waals surface area contributed by atoms with E-state index >= 15 is 0 Å². The Hall–Kier alpha value is -3.08. The molecule has 164 valence electrons. The molecule has 1 aliphatic rings. The van der Waals surface area contributed by atoms with Crippen LogP contribution >= 0.6 is 12.6 Å². The Balaban J connectivity index is 1.58. The van der Waals surface area contributed by atoms with Crippen molar-refractivity contribution in [2.24, 2.45) is 5.92 Å². The largest absolute Gasteiger partial charge is 0.461 e. The van der Waals surface area contributed by atoms with Crippen LogP contribution in [-0.4, -0.2) is 35.3 Å². The van der Waals surface area contributed by atoms with Crippen molar-refractivity contribution >= 4 is 35.7 Å². The van der Waals surface area contributed by atoms with E-state index in [1.807, 2.05) is 41.1 Å². The molecule has 0 N–H and O–H groups in total. The number of esters is 1. The molecule has 1 saturated heterocycles. The highest BCUT2D eigenvalue weighted by Gasteiger charge is 2.19. The lowest BCUT2D eigenvalue weighted by molar-refractivity contribution is -0.140. The summed E-state index contributed by atoms with van der Waals surface area (Å²) in [5.74, 6) is 0.366. The van der Waals surface area contributed by atoms with Gasteiger partial charge in [0, 0.05) is 48.9 Å². The summed E-state index contributed by atoms with van der Waals surface area (Å²) in [5.41, 5.74) is 3.82. The second-order valence-corrected chi connectivity index (χ2v) is 8.21. The van der Waals surface area contributed by atoms with Crippen molar-refractivity contribution in [2.45, 2.75) is 25.1 Å². The van der Waals surface area contributed by atoms with E-state index in [4.69, 9.17) is 9.47 Å². The topological polar surface area (TPSA) is 77.1 Å². The number of carbonyl (C=O) groups excluding carboxylic acids is 1. The average molecular weight is 448 g/mol. The van der Waals surface area contributed by atoms with Crippen LogP contribution in [0.4, 0.5) is 0 Å². The Kier molecular flexibility index (Phi) is 7.25. The molecule has 0 spiro atoms. The number of benzene rings is 1. The van der Waals surface area contributed by atoms with E-state index in [1.165, 1.54) is 0 Å². The molecule has 1 aliphatic heterocycles. The number of rotatable bonds is 7. The minimum Gasteiger partial charge on any atom is -0.461 e. The standard InChI is InChI=1S/C25H25N3O3S/c26-13-21(25(29)31-16-18-6-9-30-10-7-18)12-22-15-28(24-23(22)5-2-8-27-24)14-19-3-1-4-20(11-19)17-32/h1-5,8,11-12,15,18,32H,6-7,9-10,14,16-17H2/b21-12+. The summed E-state index contributed by atoms with van der Waals surface area (Å²) in [6.45, 7) is 2.31.